The highest BCUT2D eigenvalue weighted by Crippen LogP contribution is 2.15. The number of nitrogens with zero attached hydrogens (tertiary/aromatic N) is 2. The first-order valence-electron chi connectivity index (χ1n) is 5.25. The second kappa shape index (κ2) is 4.57. The van der Waals surface area contributed by atoms with Crippen LogP contribution in [0.15, 0.2) is 18.5 Å². The van der Waals surface area contributed by atoms with Crippen LogP contribution in [0, 0.1) is 5.82 Å². The summed E-state index contributed by atoms with van der Waals surface area (Å²) in [6.45, 7) is 0.845. The van der Waals surface area contributed by atoms with E-state index in [0.717, 1.165) is 12.6 Å². The van der Waals surface area contributed by atoms with Crippen LogP contribution in [0.1, 0.15) is 23.2 Å². The van der Waals surface area contributed by atoms with Gasteiger partial charge in [0.05, 0.1) is 17.9 Å². The summed E-state index contributed by atoms with van der Waals surface area (Å²) in [6, 6.07) is 1.36. The van der Waals surface area contributed by atoms with E-state index >= 15 is 0 Å². The van der Waals surface area contributed by atoms with Crippen LogP contribution in [0.2, 0.25) is 0 Å². The number of aromatic nitrogens is 1. The minimum Gasteiger partial charge on any atom is -0.391 e. The van der Waals surface area contributed by atoms with Gasteiger partial charge in [0.15, 0.2) is 5.82 Å². The van der Waals surface area contributed by atoms with Crippen molar-refractivity contribution in [1.82, 2.24) is 9.88 Å². The van der Waals surface area contributed by atoms with E-state index in [1.807, 2.05) is 0 Å². The number of aliphatic hydroxyl groups is 1. The zero-order chi connectivity index (χ0) is 11.5. The summed E-state index contributed by atoms with van der Waals surface area (Å²) in [6.07, 6.45) is 3.36. The van der Waals surface area contributed by atoms with Gasteiger partial charge in [0.25, 0.3) is 5.91 Å². The number of hydrogen-bond acceptors (Lipinski definition) is 3. The van der Waals surface area contributed by atoms with E-state index in [-0.39, 0.29) is 18.0 Å². The van der Waals surface area contributed by atoms with Gasteiger partial charge in [-0.05, 0) is 18.9 Å². The lowest BCUT2D eigenvalue weighted by Crippen LogP contribution is -2.42. The molecular weight excluding hydrogens is 211 g/mol. The van der Waals surface area contributed by atoms with Crippen molar-refractivity contribution in [2.45, 2.75) is 18.9 Å². The van der Waals surface area contributed by atoms with Crippen LogP contribution in [0.25, 0.3) is 0 Å². The standard InChI is InChI=1S/C11H13FN2O2/c12-10-6-13-4-3-9(10)11(16)14-5-1-2-8(15)7-14/h3-4,6,8,15H,1-2,5,7H2/t8-/m0/s1. The molecule has 16 heavy (non-hydrogen) atoms. The lowest BCUT2D eigenvalue weighted by atomic mass is 10.1. The fraction of sp³-hybridized carbons (Fsp3) is 0.455. The molecule has 1 aliphatic heterocycles. The molecule has 2 heterocycles. The SMILES string of the molecule is O=C(c1ccncc1F)N1CCC[C@H](O)C1. The van der Waals surface area contributed by atoms with Gasteiger partial charge in [-0.2, -0.15) is 0 Å². The molecule has 1 aliphatic rings. The Kier molecular flexibility index (Phi) is 3.14. The fourth-order valence-electron chi connectivity index (χ4n) is 1.86. The number of halogens is 1. The molecular formula is C11H13FN2O2. The Morgan fingerprint density at radius 2 is 2.44 bits per heavy atom. The van der Waals surface area contributed by atoms with E-state index in [1.165, 1.54) is 17.2 Å². The Bertz CT molecular complexity index is 397. The first kappa shape index (κ1) is 11.0. The fourth-order valence-corrected chi connectivity index (χ4v) is 1.86. The zero-order valence-corrected chi connectivity index (χ0v) is 8.77. The number of likely N-dealkylation sites (tertiary alicyclic amines) is 1. The Balaban J connectivity index is 2.16. The Morgan fingerprint density at radius 1 is 1.62 bits per heavy atom. The molecule has 0 spiro atoms. The number of rotatable bonds is 1. The highest BCUT2D eigenvalue weighted by molar-refractivity contribution is 5.94. The maximum atomic E-state index is 13.3. The number of amides is 1. The van der Waals surface area contributed by atoms with Crippen LogP contribution in [0.5, 0.6) is 0 Å². The third kappa shape index (κ3) is 2.19. The highest BCUT2D eigenvalue weighted by atomic mass is 19.1. The van der Waals surface area contributed by atoms with E-state index < -0.39 is 11.9 Å². The molecule has 1 aromatic heterocycles. The van der Waals surface area contributed by atoms with Crippen molar-refractivity contribution in [2.24, 2.45) is 0 Å². The predicted molar refractivity (Wildman–Crippen MR) is 55.3 cm³/mol. The average molecular weight is 224 g/mol. The van der Waals surface area contributed by atoms with Crippen LogP contribution in [-0.2, 0) is 0 Å². The number of β-amino-alcohol motifs (C(OH)–C–C–N with tert-alkyl or cyclic N) is 1. The molecule has 1 saturated heterocycles. The Hall–Kier alpha value is -1.49. The second-order valence-corrected chi connectivity index (χ2v) is 3.90. The minimum atomic E-state index is -0.618. The van der Waals surface area contributed by atoms with Gasteiger partial charge in [-0.1, -0.05) is 0 Å². The Labute approximate surface area is 92.7 Å². The van der Waals surface area contributed by atoms with Crippen LogP contribution >= 0.6 is 0 Å². The van der Waals surface area contributed by atoms with Gasteiger partial charge in [-0.25, -0.2) is 4.39 Å². The van der Waals surface area contributed by atoms with Crippen molar-refractivity contribution >= 4 is 5.91 Å². The molecule has 1 fully saturated rings. The first-order chi connectivity index (χ1) is 7.68. The van der Waals surface area contributed by atoms with E-state index in [9.17, 15) is 14.3 Å². The number of carbonyl (C=O) groups excluding carboxylic acids is 1. The molecule has 86 valence electrons. The van der Waals surface area contributed by atoms with Gasteiger partial charge in [0.2, 0.25) is 0 Å². The smallest absolute Gasteiger partial charge is 0.257 e. The molecule has 0 saturated carbocycles. The minimum absolute atomic E-state index is 0.0177. The van der Waals surface area contributed by atoms with Crippen molar-refractivity contribution < 1.29 is 14.3 Å². The molecule has 2 rings (SSSR count). The van der Waals surface area contributed by atoms with Crippen molar-refractivity contribution in [3.63, 3.8) is 0 Å². The van der Waals surface area contributed by atoms with Crippen molar-refractivity contribution in [2.75, 3.05) is 13.1 Å². The van der Waals surface area contributed by atoms with Crippen LogP contribution < -0.4 is 0 Å². The van der Waals surface area contributed by atoms with Gasteiger partial charge < -0.3 is 10.0 Å². The molecule has 0 unspecified atom stereocenters. The molecule has 1 amide bonds. The number of carbonyl (C=O) groups is 1. The normalized spacial score (nSPS) is 20.9. The third-order valence-electron chi connectivity index (χ3n) is 2.69. The van der Waals surface area contributed by atoms with Gasteiger partial charge in [0.1, 0.15) is 0 Å². The number of pyridine rings is 1. The average Bonchev–Trinajstić information content (AvgIpc) is 2.29. The maximum Gasteiger partial charge on any atom is 0.257 e. The number of hydrogen-bond donors (Lipinski definition) is 1. The zero-order valence-electron chi connectivity index (χ0n) is 8.77. The van der Waals surface area contributed by atoms with Gasteiger partial charge in [0, 0.05) is 19.3 Å². The van der Waals surface area contributed by atoms with Crippen molar-refractivity contribution in [3.8, 4) is 0 Å². The summed E-state index contributed by atoms with van der Waals surface area (Å²) in [5.41, 5.74) is 0.0177. The molecule has 0 aromatic carbocycles. The molecule has 0 bridgehead atoms. The quantitative estimate of drug-likeness (QED) is 0.768. The third-order valence-corrected chi connectivity index (χ3v) is 2.69. The molecule has 1 aromatic rings. The maximum absolute atomic E-state index is 13.3. The van der Waals surface area contributed by atoms with E-state index in [4.69, 9.17) is 0 Å². The summed E-state index contributed by atoms with van der Waals surface area (Å²) >= 11 is 0. The molecule has 5 heteroatoms. The van der Waals surface area contributed by atoms with Crippen LogP contribution in [0.3, 0.4) is 0 Å². The van der Waals surface area contributed by atoms with E-state index in [1.54, 1.807) is 0 Å². The van der Waals surface area contributed by atoms with E-state index in [0.29, 0.717) is 13.0 Å². The summed E-state index contributed by atoms with van der Waals surface area (Å²) in [4.78, 5) is 17.0. The monoisotopic (exact) mass is 224 g/mol. The molecule has 0 radical (unpaired) electrons. The molecule has 1 N–H and O–H groups in total. The largest absolute Gasteiger partial charge is 0.391 e. The molecule has 4 nitrogen and oxygen atoms in total. The van der Waals surface area contributed by atoms with Crippen LogP contribution in [0.4, 0.5) is 4.39 Å². The van der Waals surface area contributed by atoms with Crippen LogP contribution in [-0.4, -0.2) is 40.1 Å². The van der Waals surface area contributed by atoms with Gasteiger partial charge >= 0.3 is 0 Å². The lowest BCUT2D eigenvalue weighted by Gasteiger charge is -2.30. The highest BCUT2D eigenvalue weighted by Gasteiger charge is 2.24. The van der Waals surface area contributed by atoms with Crippen molar-refractivity contribution in [1.29, 1.82) is 0 Å². The number of aliphatic hydroxyl groups excluding tert-OH is 1. The molecule has 0 aliphatic carbocycles. The van der Waals surface area contributed by atoms with Gasteiger partial charge in [-0.3, -0.25) is 9.78 Å². The summed E-state index contributed by atoms with van der Waals surface area (Å²) in [7, 11) is 0. The topological polar surface area (TPSA) is 53.4 Å². The predicted octanol–water partition coefficient (Wildman–Crippen LogP) is 0.818. The Morgan fingerprint density at radius 3 is 3.12 bits per heavy atom. The summed E-state index contributed by atoms with van der Waals surface area (Å²) in [5.74, 6) is -0.994. The number of piperidine rings is 1. The molecule has 1 atom stereocenters. The van der Waals surface area contributed by atoms with Crippen molar-refractivity contribution in [3.05, 3.63) is 29.8 Å². The second-order valence-electron chi connectivity index (χ2n) is 3.90. The van der Waals surface area contributed by atoms with Gasteiger partial charge in [-0.15, -0.1) is 0 Å². The first-order valence-corrected chi connectivity index (χ1v) is 5.25. The lowest BCUT2D eigenvalue weighted by molar-refractivity contribution is 0.0470. The summed E-state index contributed by atoms with van der Waals surface area (Å²) < 4.78 is 13.3. The van der Waals surface area contributed by atoms with E-state index in [2.05, 4.69) is 4.98 Å². The summed E-state index contributed by atoms with van der Waals surface area (Å²) in [5, 5.41) is 9.44.